The van der Waals surface area contributed by atoms with E-state index in [4.69, 9.17) is 23.2 Å². The average molecular weight is 507 g/mol. The number of carbonyl (C=O) groups is 2. The first-order valence-electron chi connectivity index (χ1n) is 12.2. The highest BCUT2D eigenvalue weighted by Gasteiger charge is 2.47. The molecule has 1 heterocycles. The SMILES string of the molecule is O=C(NCCc1ccccc1)C1c2ccccc2C(=O)N(C2CCCC2)C1c1ccc(Cl)cc1Cl. The molecule has 0 aromatic heterocycles. The third-order valence-electron chi connectivity index (χ3n) is 7.21. The molecule has 1 fully saturated rings. The van der Waals surface area contributed by atoms with Crippen LogP contribution < -0.4 is 5.32 Å². The van der Waals surface area contributed by atoms with E-state index < -0.39 is 12.0 Å². The second kappa shape index (κ2) is 10.4. The average Bonchev–Trinajstić information content (AvgIpc) is 3.39. The Hall–Kier alpha value is -2.82. The third-order valence-corrected chi connectivity index (χ3v) is 7.78. The van der Waals surface area contributed by atoms with Gasteiger partial charge in [0.2, 0.25) is 5.91 Å². The van der Waals surface area contributed by atoms with Crippen molar-refractivity contribution in [2.24, 2.45) is 0 Å². The van der Waals surface area contributed by atoms with Crippen LogP contribution >= 0.6 is 23.2 Å². The molecule has 5 rings (SSSR count). The van der Waals surface area contributed by atoms with Gasteiger partial charge in [-0.1, -0.05) is 90.6 Å². The molecule has 3 aromatic rings. The summed E-state index contributed by atoms with van der Waals surface area (Å²) in [4.78, 5) is 29.7. The van der Waals surface area contributed by atoms with Crippen LogP contribution in [0.5, 0.6) is 0 Å². The van der Waals surface area contributed by atoms with Gasteiger partial charge in [0.1, 0.15) is 0 Å². The molecule has 2 amide bonds. The monoisotopic (exact) mass is 506 g/mol. The molecule has 2 atom stereocenters. The van der Waals surface area contributed by atoms with Crippen LogP contribution in [0.2, 0.25) is 10.0 Å². The highest BCUT2D eigenvalue weighted by atomic mass is 35.5. The molecule has 2 unspecified atom stereocenters. The van der Waals surface area contributed by atoms with Crippen LogP contribution in [0.3, 0.4) is 0 Å². The summed E-state index contributed by atoms with van der Waals surface area (Å²) in [6, 6.07) is 22.5. The van der Waals surface area contributed by atoms with Crippen molar-refractivity contribution >= 4 is 35.0 Å². The Morgan fingerprint density at radius 1 is 0.914 bits per heavy atom. The van der Waals surface area contributed by atoms with Gasteiger partial charge in [-0.15, -0.1) is 0 Å². The van der Waals surface area contributed by atoms with E-state index >= 15 is 0 Å². The van der Waals surface area contributed by atoms with Crippen molar-refractivity contribution in [3.63, 3.8) is 0 Å². The number of hydrogen-bond donors (Lipinski definition) is 1. The van der Waals surface area contributed by atoms with Crippen LogP contribution in [0.25, 0.3) is 0 Å². The van der Waals surface area contributed by atoms with Crippen LogP contribution in [0.1, 0.15) is 64.7 Å². The molecule has 0 saturated heterocycles. The van der Waals surface area contributed by atoms with Gasteiger partial charge >= 0.3 is 0 Å². The van der Waals surface area contributed by atoms with Gasteiger partial charge in [0.15, 0.2) is 0 Å². The van der Waals surface area contributed by atoms with Gasteiger partial charge in [-0.05, 0) is 54.2 Å². The summed E-state index contributed by atoms with van der Waals surface area (Å²) in [6.07, 6.45) is 4.74. The number of rotatable bonds is 6. The number of nitrogens with zero attached hydrogens (tertiary/aromatic N) is 1. The normalized spacial score (nSPS) is 20.1. The van der Waals surface area contributed by atoms with Crippen molar-refractivity contribution in [3.8, 4) is 0 Å². The molecular formula is C29H28Cl2N2O2. The summed E-state index contributed by atoms with van der Waals surface area (Å²) in [5.74, 6) is -0.698. The first kappa shape index (κ1) is 23.9. The largest absolute Gasteiger partial charge is 0.355 e. The molecule has 0 bridgehead atoms. The fraction of sp³-hybridized carbons (Fsp3) is 0.310. The molecular weight excluding hydrogens is 479 g/mol. The minimum absolute atomic E-state index is 0.0307. The van der Waals surface area contributed by atoms with E-state index in [1.54, 1.807) is 12.1 Å². The zero-order valence-electron chi connectivity index (χ0n) is 19.4. The number of benzene rings is 3. The maximum absolute atomic E-state index is 13.9. The van der Waals surface area contributed by atoms with Crippen LogP contribution in [0, 0.1) is 0 Å². The van der Waals surface area contributed by atoms with Crippen molar-refractivity contribution < 1.29 is 9.59 Å². The fourth-order valence-electron chi connectivity index (χ4n) is 5.57. The molecule has 180 valence electrons. The summed E-state index contributed by atoms with van der Waals surface area (Å²) in [5.41, 5.74) is 3.27. The molecule has 0 radical (unpaired) electrons. The summed E-state index contributed by atoms with van der Waals surface area (Å²) < 4.78 is 0. The highest BCUT2D eigenvalue weighted by Crippen LogP contribution is 2.47. The zero-order valence-corrected chi connectivity index (χ0v) is 20.9. The van der Waals surface area contributed by atoms with E-state index in [1.807, 2.05) is 53.4 Å². The van der Waals surface area contributed by atoms with Gasteiger partial charge in [0.25, 0.3) is 5.91 Å². The number of carbonyl (C=O) groups excluding carboxylic acids is 2. The minimum atomic E-state index is -0.570. The molecule has 35 heavy (non-hydrogen) atoms. The maximum atomic E-state index is 13.9. The molecule has 1 aliphatic carbocycles. The standard InChI is InChI=1S/C29H28Cl2N2O2/c30-20-14-15-24(25(31)18-20)27-26(28(34)32-17-16-19-8-2-1-3-9-19)22-12-6-7-13-23(22)29(35)33(27)21-10-4-5-11-21/h1-3,6-9,12-15,18,21,26-27H,4-5,10-11,16-17H2,(H,32,34). The molecule has 1 aliphatic heterocycles. The van der Waals surface area contributed by atoms with Crippen molar-refractivity contribution in [3.05, 3.63) is 105 Å². The number of halogens is 2. The molecule has 1 saturated carbocycles. The molecule has 4 nitrogen and oxygen atoms in total. The Morgan fingerprint density at radius 3 is 2.37 bits per heavy atom. The molecule has 0 spiro atoms. The lowest BCUT2D eigenvalue weighted by atomic mass is 9.78. The van der Waals surface area contributed by atoms with Crippen LogP contribution in [-0.2, 0) is 11.2 Å². The van der Waals surface area contributed by atoms with E-state index in [0.29, 0.717) is 22.2 Å². The predicted octanol–water partition coefficient (Wildman–Crippen LogP) is 6.58. The van der Waals surface area contributed by atoms with E-state index in [2.05, 4.69) is 17.4 Å². The fourth-order valence-corrected chi connectivity index (χ4v) is 6.09. The summed E-state index contributed by atoms with van der Waals surface area (Å²) in [6.45, 7) is 0.514. The van der Waals surface area contributed by atoms with Crippen molar-refractivity contribution in [1.82, 2.24) is 10.2 Å². The molecule has 2 aliphatic rings. The topological polar surface area (TPSA) is 49.4 Å². The molecule has 3 aromatic carbocycles. The van der Waals surface area contributed by atoms with Gasteiger partial charge in [-0.3, -0.25) is 9.59 Å². The Kier molecular flexibility index (Phi) is 7.12. The zero-order chi connectivity index (χ0) is 24.4. The lowest BCUT2D eigenvalue weighted by Crippen LogP contribution is -2.51. The van der Waals surface area contributed by atoms with E-state index in [9.17, 15) is 9.59 Å². The number of nitrogens with one attached hydrogen (secondary N) is 1. The Labute approximate surface area is 216 Å². The quantitative estimate of drug-likeness (QED) is 0.410. The second-order valence-electron chi connectivity index (χ2n) is 9.35. The first-order chi connectivity index (χ1) is 17.0. The molecule has 6 heteroatoms. The first-order valence-corrected chi connectivity index (χ1v) is 13.0. The lowest BCUT2D eigenvalue weighted by Gasteiger charge is -2.45. The van der Waals surface area contributed by atoms with Crippen molar-refractivity contribution in [2.45, 2.75) is 50.1 Å². The third kappa shape index (κ3) is 4.82. The van der Waals surface area contributed by atoms with Crippen LogP contribution in [0.15, 0.2) is 72.8 Å². The minimum Gasteiger partial charge on any atom is -0.355 e. The van der Waals surface area contributed by atoms with E-state index in [0.717, 1.165) is 48.8 Å². The summed E-state index contributed by atoms with van der Waals surface area (Å²) >= 11 is 12.9. The van der Waals surface area contributed by atoms with Crippen molar-refractivity contribution in [1.29, 1.82) is 0 Å². The van der Waals surface area contributed by atoms with Crippen LogP contribution in [0.4, 0.5) is 0 Å². The maximum Gasteiger partial charge on any atom is 0.254 e. The lowest BCUT2D eigenvalue weighted by molar-refractivity contribution is -0.124. The van der Waals surface area contributed by atoms with Gasteiger partial charge < -0.3 is 10.2 Å². The van der Waals surface area contributed by atoms with Gasteiger partial charge in [0.05, 0.1) is 12.0 Å². The Morgan fingerprint density at radius 2 is 1.63 bits per heavy atom. The van der Waals surface area contributed by atoms with Gasteiger partial charge in [-0.25, -0.2) is 0 Å². The van der Waals surface area contributed by atoms with Gasteiger partial charge in [0, 0.05) is 28.2 Å². The number of hydrogen-bond acceptors (Lipinski definition) is 2. The summed E-state index contributed by atoms with van der Waals surface area (Å²) in [7, 11) is 0. The second-order valence-corrected chi connectivity index (χ2v) is 10.2. The van der Waals surface area contributed by atoms with E-state index in [-0.39, 0.29) is 17.9 Å². The Bertz CT molecular complexity index is 1220. The predicted molar refractivity (Wildman–Crippen MR) is 140 cm³/mol. The van der Waals surface area contributed by atoms with Crippen molar-refractivity contribution in [2.75, 3.05) is 6.54 Å². The summed E-state index contributed by atoms with van der Waals surface area (Å²) in [5, 5.41) is 4.15. The van der Waals surface area contributed by atoms with Gasteiger partial charge in [-0.2, -0.15) is 0 Å². The molecule has 1 N–H and O–H groups in total. The smallest absolute Gasteiger partial charge is 0.254 e. The number of amides is 2. The number of fused-ring (bicyclic) bond motifs is 1. The Balaban J connectivity index is 1.55. The highest BCUT2D eigenvalue weighted by molar-refractivity contribution is 6.35. The van der Waals surface area contributed by atoms with Crippen LogP contribution in [-0.4, -0.2) is 29.3 Å². The van der Waals surface area contributed by atoms with E-state index in [1.165, 1.54) is 0 Å².